The molecule has 0 aromatic carbocycles. The highest BCUT2D eigenvalue weighted by Crippen LogP contribution is 2.30. The summed E-state index contributed by atoms with van der Waals surface area (Å²) < 4.78 is 0. The Bertz CT molecular complexity index is 203. The van der Waals surface area contributed by atoms with E-state index in [0.717, 1.165) is 12.8 Å². The topological polar surface area (TPSA) is 63.3 Å². The quantitative estimate of drug-likeness (QED) is 0.670. The smallest absolute Gasteiger partial charge is 0.166 e. The molecule has 1 saturated carbocycles. The van der Waals surface area contributed by atoms with Crippen LogP contribution in [-0.4, -0.2) is 22.5 Å². The molecule has 0 heterocycles. The Morgan fingerprint density at radius 3 is 2.69 bits per heavy atom. The van der Waals surface area contributed by atoms with E-state index >= 15 is 0 Å². The monoisotopic (exact) mass is 185 g/mol. The van der Waals surface area contributed by atoms with Gasteiger partial charge in [-0.15, -0.1) is 0 Å². The summed E-state index contributed by atoms with van der Waals surface area (Å²) >= 11 is 0. The second-order valence-corrected chi connectivity index (χ2v) is 4.41. The van der Waals surface area contributed by atoms with Crippen molar-refractivity contribution in [3.8, 4) is 0 Å². The lowest BCUT2D eigenvalue weighted by molar-refractivity contribution is -0.144. The van der Waals surface area contributed by atoms with Gasteiger partial charge in [-0.1, -0.05) is 13.8 Å². The van der Waals surface area contributed by atoms with Crippen LogP contribution in [0, 0.1) is 5.92 Å². The third-order valence-electron chi connectivity index (χ3n) is 2.75. The fourth-order valence-corrected chi connectivity index (χ4v) is 2.06. The van der Waals surface area contributed by atoms with E-state index in [-0.39, 0.29) is 17.7 Å². The molecule has 0 bridgehead atoms. The minimum atomic E-state index is -1.13. The first-order valence-electron chi connectivity index (χ1n) is 4.98. The summed E-state index contributed by atoms with van der Waals surface area (Å²) in [6.07, 6.45) is 2.80. The molecule has 1 aliphatic rings. The average molecular weight is 185 g/mol. The van der Waals surface area contributed by atoms with Crippen LogP contribution in [0.5, 0.6) is 0 Å². The molecule has 3 N–H and O–H groups in total. The van der Waals surface area contributed by atoms with Crippen molar-refractivity contribution in [2.75, 3.05) is 0 Å². The Kier molecular flexibility index (Phi) is 3.09. The highest BCUT2D eigenvalue weighted by atomic mass is 16.3. The molecule has 0 amide bonds. The van der Waals surface area contributed by atoms with Crippen molar-refractivity contribution in [3.05, 3.63) is 0 Å². The van der Waals surface area contributed by atoms with Gasteiger partial charge in [0, 0.05) is 12.0 Å². The zero-order valence-corrected chi connectivity index (χ0v) is 8.42. The van der Waals surface area contributed by atoms with E-state index in [1.165, 1.54) is 0 Å². The molecule has 2 unspecified atom stereocenters. The molecule has 1 aliphatic carbocycles. The van der Waals surface area contributed by atoms with Crippen LogP contribution in [0.1, 0.15) is 39.5 Å². The fourth-order valence-electron chi connectivity index (χ4n) is 2.06. The highest BCUT2D eigenvalue weighted by Gasteiger charge is 2.40. The predicted octanol–water partition coefficient (Wildman–Crippen LogP) is 0.844. The molecule has 3 nitrogen and oxygen atoms in total. The van der Waals surface area contributed by atoms with Crippen molar-refractivity contribution < 1.29 is 9.90 Å². The number of ketones is 1. The number of rotatable bonds is 2. The molecule has 0 aliphatic heterocycles. The molecule has 2 atom stereocenters. The number of aliphatic hydroxyl groups is 1. The largest absolute Gasteiger partial charge is 0.382 e. The summed E-state index contributed by atoms with van der Waals surface area (Å²) in [5, 5.41) is 10.1. The summed E-state index contributed by atoms with van der Waals surface area (Å²) in [4.78, 5) is 11.7. The van der Waals surface area contributed by atoms with Gasteiger partial charge < -0.3 is 10.8 Å². The first-order valence-corrected chi connectivity index (χ1v) is 4.98. The van der Waals surface area contributed by atoms with E-state index in [1.807, 2.05) is 13.8 Å². The van der Waals surface area contributed by atoms with Crippen LogP contribution in [0.25, 0.3) is 0 Å². The maximum Gasteiger partial charge on any atom is 0.166 e. The standard InChI is InChI=1S/C10H19NO2/c1-7(2)9(12)10(13)5-3-4-8(11)6-10/h7-8,13H,3-6,11H2,1-2H3. The van der Waals surface area contributed by atoms with Crippen molar-refractivity contribution in [1.82, 2.24) is 0 Å². The molecule has 0 radical (unpaired) electrons. The van der Waals surface area contributed by atoms with E-state index in [4.69, 9.17) is 5.73 Å². The minimum absolute atomic E-state index is 0.0125. The maximum atomic E-state index is 11.7. The third kappa shape index (κ3) is 2.29. The Balaban J connectivity index is 2.68. The normalized spacial score (nSPS) is 35.0. The first kappa shape index (κ1) is 10.7. The zero-order valence-electron chi connectivity index (χ0n) is 8.42. The SMILES string of the molecule is CC(C)C(=O)C1(O)CCCC(N)C1. The van der Waals surface area contributed by atoms with Gasteiger partial charge in [0.05, 0.1) is 0 Å². The van der Waals surface area contributed by atoms with Gasteiger partial charge in [-0.05, 0) is 25.7 Å². The summed E-state index contributed by atoms with van der Waals surface area (Å²) in [7, 11) is 0. The molecule has 3 heteroatoms. The van der Waals surface area contributed by atoms with Crippen LogP contribution in [0.2, 0.25) is 0 Å². The van der Waals surface area contributed by atoms with E-state index in [0.29, 0.717) is 12.8 Å². The van der Waals surface area contributed by atoms with E-state index in [9.17, 15) is 9.90 Å². The first-order chi connectivity index (χ1) is 5.96. The van der Waals surface area contributed by atoms with Gasteiger partial charge >= 0.3 is 0 Å². The van der Waals surface area contributed by atoms with Crippen molar-refractivity contribution in [1.29, 1.82) is 0 Å². The van der Waals surface area contributed by atoms with E-state index in [2.05, 4.69) is 0 Å². The molecule has 0 saturated heterocycles. The minimum Gasteiger partial charge on any atom is -0.382 e. The lowest BCUT2D eigenvalue weighted by atomic mass is 9.76. The van der Waals surface area contributed by atoms with E-state index in [1.54, 1.807) is 0 Å². The molecule has 1 fully saturated rings. The average Bonchev–Trinajstić information content (AvgIpc) is 2.02. The molecule has 0 spiro atoms. The van der Waals surface area contributed by atoms with Gasteiger partial charge in [-0.3, -0.25) is 4.79 Å². The van der Waals surface area contributed by atoms with Gasteiger partial charge in [-0.25, -0.2) is 0 Å². The lowest BCUT2D eigenvalue weighted by Gasteiger charge is -2.35. The number of nitrogens with two attached hydrogens (primary N) is 1. The highest BCUT2D eigenvalue weighted by molar-refractivity contribution is 5.88. The fraction of sp³-hybridized carbons (Fsp3) is 0.900. The van der Waals surface area contributed by atoms with Crippen molar-refractivity contribution >= 4 is 5.78 Å². The third-order valence-corrected chi connectivity index (χ3v) is 2.75. The van der Waals surface area contributed by atoms with Crippen LogP contribution in [0.3, 0.4) is 0 Å². The number of Topliss-reactive ketones (excluding diaryl/α,β-unsaturated/α-hetero) is 1. The van der Waals surface area contributed by atoms with Crippen molar-refractivity contribution in [3.63, 3.8) is 0 Å². The molecule has 13 heavy (non-hydrogen) atoms. The van der Waals surface area contributed by atoms with Gasteiger partial charge in [0.15, 0.2) is 5.78 Å². The van der Waals surface area contributed by atoms with Crippen LogP contribution in [0.4, 0.5) is 0 Å². The molecule has 1 rings (SSSR count). The number of hydrogen-bond donors (Lipinski definition) is 2. The Labute approximate surface area is 79.3 Å². The number of hydrogen-bond acceptors (Lipinski definition) is 3. The van der Waals surface area contributed by atoms with Crippen LogP contribution >= 0.6 is 0 Å². The molecular weight excluding hydrogens is 166 g/mol. The summed E-state index contributed by atoms with van der Waals surface area (Å²) in [6.45, 7) is 3.64. The Hall–Kier alpha value is -0.410. The zero-order chi connectivity index (χ0) is 10.1. The van der Waals surface area contributed by atoms with Gasteiger partial charge in [0.25, 0.3) is 0 Å². The second-order valence-electron chi connectivity index (χ2n) is 4.41. The number of carbonyl (C=O) groups is 1. The van der Waals surface area contributed by atoms with Crippen molar-refractivity contribution in [2.45, 2.75) is 51.2 Å². The lowest BCUT2D eigenvalue weighted by Crippen LogP contribution is -2.48. The van der Waals surface area contributed by atoms with Gasteiger partial charge in [-0.2, -0.15) is 0 Å². The van der Waals surface area contributed by atoms with Gasteiger partial charge in [0.2, 0.25) is 0 Å². The summed E-state index contributed by atoms with van der Waals surface area (Å²) in [5.74, 6) is -0.155. The van der Waals surface area contributed by atoms with Crippen molar-refractivity contribution in [2.24, 2.45) is 11.7 Å². The molecular formula is C10H19NO2. The second kappa shape index (κ2) is 3.76. The van der Waals surface area contributed by atoms with Gasteiger partial charge in [0.1, 0.15) is 5.60 Å². The Morgan fingerprint density at radius 1 is 1.62 bits per heavy atom. The maximum absolute atomic E-state index is 11.7. The molecule has 76 valence electrons. The van der Waals surface area contributed by atoms with Crippen LogP contribution < -0.4 is 5.73 Å². The van der Waals surface area contributed by atoms with Crippen LogP contribution in [0.15, 0.2) is 0 Å². The van der Waals surface area contributed by atoms with E-state index < -0.39 is 5.60 Å². The van der Waals surface area contributed by atoms with Crippen LogP contribution in [-0.2, 0) is 4.79 Å². The summed E-state index contributed by atoms with van der Waals surface area (Å²) in [5.41, 5.74) is 4.60. The summed E-state index contributed by atoms with van der Waals surface area (Å²) in [6, 6.07) is -0.0125. The Morgan fingerprint density at radius 2 is 2.23 bits per heavy atom. The molecule has 0 aromatic heterocycles. The molecule has 0 aromatic rings. The number of carbonyl (C=O) groups excluding carboxylic acids is 1. The predicted molar refractivity (Wildman–Crippen MR) is 51.2 cm³/mol.